The molecule has 34 heavy (non-hydrogen) atoms. The highest BCUT2D eigenvalue weighted by molar-refractivity contribution is 9.10. The second-order valence-corrected chi connectivity index (χ2v) is 10.1. The van der Waals surface area contributed by atoms with Crippen LogP contribution in [0.25, 0.3) is 6.08 Å². The van der Waals surface area contributed by atoms with Gasteiger partial charge in [-0.3, -0.25) is 9.69 Å². The standard InChI is InChI=1S/C24H14BrClF3NO2S2/c25-19-10-15(6-9-20(19)32-13-14-4-7-17(26)8-5-14)11-21-22(31)30(23(33)34-21)18-3-1-2-16(12-18)24(27,28)29/h1-12H,13H2/b21-11-. The van der Waals surface area contributed by atoms with Gasteiger partial charge in [0.2, 0.25) is 0 Å². The number of ether oxygens (including phenoxy) is 1. The minimum Gasteiger partial charge on any atom is -0.488 e. The Bertz CT molecular complexity index is 1300. The second-order valence-electron chi connectivity index (χ2n) is 7.17. The Kier molecular flexibility index (Phi) is 7.37. The van der Waals surface area contributed by atoms with Crippen LogP contribution in [0.3, 0.4) is 0 Å². The quantitative estimate of drug-likeness (QED) is 0.224. The molecule has 0 unspecified atom stereocenters. The van der Waals surface area contributed by atoms with E-state index in [1.165, 1.54) is 12.1 Å². The van der Waals surface area contributed by atoms with E-state index in [4.69, 9.17) is 28.6 Å². The highest BCUT2D eigenvalue weighted by Crippen LogP contribution is 2.39. The Morgan fingerprint density at radius 1 is 1.09 bits per heavy atom. The van der Waals surface area contributed by atoms with E-state index in [1.807, 2.05) is 12.1 Å². The van der Waals surface area contributed by atoms with E-state index in [2.05, 4.69) is 15.9 Å². The summed E-state index contributed by atoms with van der Waals surface area (Å²) in [4.78, 5) is 14.4. The zero-order valence-corrected chi connectivity index (χ0v) is 21.1. The van der Waals surface area contributed by atoms with Gasteiger partial charge < -0.3 is 4.74 Å². The molecule has 1 amide bonds. The molecule has 0 atom stereocenters. The normalized spacial score (nSPS) is 15.3. The van der Waals surface area contributed by atoms with Gasteiger partial charge in [0.05, 0.1) is 20.6 Å². The SMILES string of the molecule is O=C1/C(=C/c2ccc(OCc3ccc(Cl)cc3)c(Br)c2)SC(=S)N1c1cccc(C(F)(F)F)c1. The number of thioether (sulfide) groups is 1. The minimum absolute atomic E-state index is 0.0767. The molecular formula is C24H14BrClF3NO2S2. The van der Waals surface area contributed by atoms with Gasteiger partial charge in [-0.2, -0.15) is 13.2 Å². The number of hydrogen-bond acceptors (Lipinski definition) is 4. The molecule has 0 bridgehead atoms. The molecule has 1 saturated heterocycles. The molecule has 0 saturated carbocycles. The van der Waals surface area contributed by atoms with Crippen LogP contribution in [0.5, 0.6) is 5.75 Å². The molecule has 0 aliphatic carbocycles. The molecule has 1 aliphatic heterocycles. The fourth-order valence-electron chi connectivity index (χ4n) is 3.13. The van der Waals surface area contributed by atoms with E-state index in [1.54, 1.807) is 36.4 Å². The lowest BCUT2D eigenvalue weighted by Crippen LogP contribution is -2.27. The van der Waals surface area contributed by atoms with E-state index in [9.17, 15) is 18.0 Å². The second kappa shape index (κ2) is 10.1. The molecule has 0 radical (unpaired) electrons. The zero-order chi connectivity index (χ0) is 24.5. The molecule has 10 heteroatoms. The third kappa shape index (κ3) is 5.66. The van der Waals surface area contributed by atoms with Gasteiger partial charge in [-0.1, -0.05) is 59.8 Å². The van der Waals surface area contributed by atoms with Crippen molar-refractivity contribution < 1.29 is 22.7 Å². The fourth-order valence-corrected chi connectivity index (χ4v) is 5.06. The van der Waals surface area contributed by atoms with E-state index < -0.39 is 17.6 Å². The molecular weight excluding hydrogens is 571 g/mol. The third-order valence-corrected chi connectivity index (χ3v) is 6.96. The lowest BCUT2D eigenvalue weighted by atomic mass is 10.1. The van der Waals surface area contributed by atoms with Crippen LogP contribution in [0.4, 0.5) is 18.9 Å². The van der Waals surface area contributed by atoms with Crippen LogP contribution >= 0.6 is 51.5 Å². The number of carbonyl (C=O) groups is 1. The Morgan fingerprint density at radius 3 is 2.50 bits per heavy atom. The van der Waals surface area contributed by atoms with Crippen LogP contribution in [-0.4, -0.2) is 10.2 Å². The highest BCUT2D eigenvalue weighted by atomic mass is 79.9. The van der Waals surface area contributed by atoms with Crippen LogP contribution in [0.15, 0.2) is 76.1 Å². The third-order valence-electron chi connectivity index (χ3n) is 4.79. The number of alkyl halides is 3. The number of carbonyl (C=O) groups excluding carboxylic acids is 1. The first kappa shape index (κ1) is 24.8. The molecule has 4 rings (SSSR count). The zero-order valence-electron chi connectivity index (χ0n) is 17.1. The average molecular weight is 585 g/mol. The molecule has 0 spiro atoms. The van der Waals surface area contributed by atoms with Crippen LogP contribution < -0.4 is 9.64 Å². The van der Waals surface area contributed by atoms with Crippen molar-refractivity contribution in [3.8, 4) is 5.75 Å². The predicted octanol–water partition coefficient (Wildman–Crippen LogP) is 8.11. The van der Waals surface area contributed by atoms with E-state index >= 15 is 0 Å². The van der Waals surface area contributed by atoms with Crippen molar-refractivity contribution in [2.45, 2.75) is 12.8 Å². The molecule has 3 aromatic rings. The number of amides is 1. The van der Waals surface area contributed by atoms with Crippen molar-refractivity contribution in [2.24, 2.45) is 0 Å². The smallest absolute Gasteiger partial charge is 0.416 e. The van der Waals surface area contributed by atoms with Crippen LogP contribution in [0, 0.1) is 0 Å². The van der Waals surface area contributed by atoms with E-state index in [0.717, 1.165) is 34.4 Å². The molecule has 1 fully saturated rings. The van der Waals surface area contributed by atoms with E-state index in [-0.39, 0.29) is 10.0 Å². The number of benzene rings is 3. The lowest BCUT2D eigenvalue weighted by Gasteiger charge is -2.16. The number of hydrogen-bond donors (Lipinski definition) is 0. The largest absolute Gasteiger partial charge is 0.488 e. The number of nitrogens with zero attached hydrogens (tertiary/aromatic N) is 1. The van der Waals surface area contributed by atoms with Crippen LogP contribution in [-0.2, 0) is 17.6 Å². The molecule has 0 N–H and O–H groups in total. The number of anilines is 1. The number of halogens is 5. The van der Waals surface area contributed by atoms with Gasteiger partial charge >= 0.3 is 6.18 Å². The first-order chi connectivity index (χ1) is 16.1. The molecule has 1 aliphatic rings. The molecule has 174 valence electrons. The van der Waals surface area contributed by atoms with Gasteiger partial charge in [0.25, 0.3) is 5.91 Å². The predicted molar refractivity (Wildman–Crippen MR) is 137 cm³/mol. The monoisotopic (exact) mass is 583 g/mol. The summed E-state index contributed by atoms with van der Waals surface area (Å²) in [7, 11) is 0. The van der Waals surface area contributed by atoms with Gasteiger partial charge in [-0.15, -0.1) is 0 Å². The topological polar surface area (TPSA) is 29.5 Å². The molecule has 3 nitrogen and oxygen atoms in total. The van der Waals surface area contributed by atoms with E-state index in [0.29, 0.717) is 32.3 Å². The lowest BCUT2D eigenvalue weighted by molar-refractivity contribution is -0.137. The maximum atomic E-state index is 13.1. The summed E-state index contributed by atoms with van der Waals surface area (Å²) < 4.78 is 45.9. The Labute approximate surface area is 216 Å². The Balaban J connectivity index is 1.51. The first-order valence-electron chi connectivity index (χ1n) is 9.74. The fraction of sp³-hybridized carbons (Fsp3) is 0.0833. The Hall–Kier alpha value is -2.33. The van der Waals surface area contributed by atoms with Gasteiger partial charge in [0.1, 0.15) is 12.4 Å². The summed E-state index contributed by atoms with van der Waals surface area (Å²) in [5, 5.41) is 0.646. The summed E-state index contributed by atoms with van der Waals surface area (Å²) in [6, 6.07) is 17.2. The maximum Gasteiger partial charge on any atom is 0.416 e. The van der Waals surface area contributed by atoms with Crippen molar-refractivity contribution in [3.63, 3.8) is 0 Å². The average Bonchev–Trinajstić information content (AvgIpc) is 3.06. The highest BCUT2D eigenvalue weighted by Gasteiger charge is 2.36. The number of thiocarbonyl (C=S) groups is 1. The van der Waals surface area contributed by atoms with Gasteiger partial charge in [0, 0.05) is 5.02 Å². The van der Waals surface area contributed by atoms with Crippen LogP contribution in [0.1, 0.15) is 16.7 Å². The summed E-state index contributed by atoms with van der Waals surface area (Å²) in [5.41, 5.74) is 0.892. The van der Waals surface area contributed by atoms with Crippen molar-refractivity contribution in [2.75, 3.05) is 4.90 Å². The van der Waals surface area contributed by atoms with Crippen molar-refractivity contribution in [3.05, 3.63) is 97.8 Å². The summed E-state index contributed by atoms with van der Waals surface area (Å²) in [5.74, 6) is 0.136. The molecule has 1 heterocycles. The summed E-state index contributed by atoms with van der Waals surface area (Å²) >= 11 is 15.7. The van der Waals surface area contributed by atoms with Gasteiger partial charge in [-0.25, -0.2) is 0 Å². The van der Waals surface area contributed by atoms with Gasteiger partial charge in [0.15, 0.2) is 4.32 Å². The number of rotatable bonds is 5. The first-order valence-corrected chi connectivity index (χ1v) is 12.1. The van der Waals surface area contributed by atoms with Crippen LogP contribution in [0.2, 0.25) is 5.02 Å². The Morgan fingerprint density at radius 2 is 1.82 bits per heavy atom. The molecule has 3 aromatic carbocycles. The van der Waals surface area contributed by atoms with Crippen molar-refractivity contribution in [1.82, 2.24) is 0 Å². The van der Waals surface area contributed by atoms with Crippen molar-refractivity contribution in [1.29, 1.82) is 0 Å². The minimum atomic E-state index is -4.52. The van der Waals surface area contributed by atoms with Crippen molar-refractivity contribution >= 4 is 73.5 Å². The van der Waals surface area contributed by atoms with Gasteiger partial charge in [-0.05, 0) is 75.6 Å². The maximum absolute atomic E-state index is 13.1. The molecule has 0 aromatic heterocycles. The summed E-state index contributed by atoms with van der Waals surface area (Å²) in [6.45, 7) is 0.352. The summed E-state index contributed by atoms with van der Waals surface area (Å²) in [6.07, 6.45) is -2.88.